The maximum atomic E-state index is 4.60. The van der Waals surface area contributed by atoms with E-state index in [-0.39, 0.29) is 0 Å². The molecule has 0 radical (unpaired) electrons. The van der Waals surface area contributed by atoms with Crippen LogP contribution in [0.25, 0.3) is 0 Å². The van der Waals surface area contributed by atoms with Gasteiger partial charge in [0.25, 0.3) is 0 Å². The summed E-state index contributed by atoms with van der Waals surface area (Å²) >= 11 is 0. The van der Waals surface area contributed by atoms with Gasteiger partial charge in [0.2, 0.25) is 0 Å². The third-order valence-electron chi connectivity index (χ3n) is 3.24. The summed E-state index contributed by atoms with van der Waals surface area (Å²) in [5.74, 6) is 2.07. The van der Waals surface area contributed by atoms with Crippen LogP contribution in [0.5, 0.6) is 0 Å². The predicted octanol–water partition coefficient (Wildman–Crippen LogP) is 3.37. The summed E-state index contributed by atoms with van der Waals surface area (Å²) < 4.78 is 0. The maximum Gasteiger partial charge on any atom is 0.0965 e. The molecule has 1 N–H and O–H groups in total. The lowest BCUT2D eigenvalue weighted by Gasteiger charge is -2.19. The first-order valence-electron chi connectivity index (χ1n) is 6.52. The van der Waals surface area contributed by atoms with Crippen molar-refractivity contribution in [3.8, 4) is 0 Å². The zero-order valence-corrected chi connectivity index (χ0v) is 10.6. The van der Waals surface area contributed by atoms with Gasteiger partial charge in [-0.2, -0.15) is 0 Å². The number of aliphatic imine (C=N–C) groups is 1. The summed E-state index contributed by atoms with van der Waals surface area (Å²) in [5, 5.41) is 3.57. The molecule has 1 heterocycles. The molecule has 0 fully saturated rings. The van der Waals surface area contributed by atoms with E-state index in [1.54, 1.807) is 0 Å². The smallest absolute Gasteiger partial charge is 0.0965 e. The monoisotopic (exact) mass is 210 g/mol. The number of hydrogen-bond donors (Lipinski definition) is 1. The van der Waals surface area contributed by atoms with Crippen molar-refractivity contribution in [1.29, 1.82) is 0 Å². The number of rotatable bonds is 4. The van der Waals surface area contributed by atoms with Crippen LogP contribution in [0, 0.1) is 5.92 Å². The average Bonchev–Trinajstić information content (AvgIpc) is 2.46. The highest BCUT2D eigenvalue weighted by Crippen LogP contribution is 2.11. The molecule has 15 heavy (non-hydrogen) atoms. The summed E-state index contributed by atoms with van der Waals surface area (Å²) in [6, 6.07) is 0.580. The van der Waals surface area contributed by atoms with Crippen LogP contribution in [0.1, 0.15) is 59.3 Å². The highest BCUT2D eigenvalue weighted by molar-refractivity contribution is 5.82. The van der Waals surface area contributed by atoms with Gasteiger partial charge in [-0.1, -0.05) is 26.7 Å². The van der Waals surface area contributed by atoms with E-state index in [9.17, 15) is 0 Å². The van der Waals surface area contributed by atoms with Gasteiger partial charge in [-0.3, -0.25) is 4.99 Å². The second-order valence-corrected chi connectivity index (χ2v) is 4.93. The Labute approximate surface area is 94.6 Å². The van der Waals surface area contributed by atoms with Crippen molar-refractivity contribution < 1.29 is 0 Å². The van der Waals surface area contributed by atoms with E-state index in [0.29, 0.717) is 6.04 Å². The lowest BCUT2D eigenvalue weighted by atomic mass is 10.0. The lowest BCUT2D eigenvalue weighted by Crippen LogP contribution is -2.33. The SMILES string of the molecule is CCC(C)CC(C)NC1=NCCCCC1. The Balaban J connectivity index is 2.29. The van der Waals surface area contributed by atoms with Crippen molar-refractivity contribution in [2.45, 2.75) is 65.3 Å². The second kappa shape index (κ2) is 6.86. The van der Waals surface area contributed by atoms with Gasteiger partial charge in [-0.25, -0.2) is 0 Å². The zero-order valence-electron chi connectivity index (χ0n) is 10.6. The van der Waals surface area contributed by atoms with Crippen LogP contribution in [-0.2, 0) is 0 Å². The van der Waals surface area contributed by atoms with E-state index in [4.69, 9.17) is 0 Å². The van der Waals surface area contributed by atoms with Crippen molar-refractivity contribution in [1.82, 2.24) is 5.32 Å². The summed E-state index contributed by atoms with van der Waals surface area (Å²) in [5.41, 5.74) is 0. The highest BCUT2D eigenvalue weighted by atomic mass is 15.0. The molecule has 0 aromatic carbocycles. The predicted molar refractivity (Wildman–Crippen MR) is 67.4 cm³/mol. The number of nitrogens with one attached hydrogen (secondary N) is 1. The molecule has 0 saturated heterocycles. The largest absolute Gasteiger partial charge is 0.371 e. The molecule has 0 amide bonds. The minimum atomic E-state index is 0.580. The molecule has 2 heteroatoms. The van der Waals surface area contributed by atoms with Crippen LogP contribution in [0.2, 0.25) is 0 Å². The normalized spacial score (nSPS) is 21.4. The fraction of sp³-hybridized carbons (Fsp3) is 0.923. The summed E-state index contributed by atoms with van der Waals surface area (Å²) in [6.45, 7) is 7.89. The summed E-state index contributed by atoms with van der Waals surface area (Å²) in [6.07, 6.45) is 7.61. The van der Waals surface area contributed by atoms with Crippen LogP contribution in [0.3, 0.4) is 0 Å². The van der Waals surface area contributed by atoms with E-state index in [1.165, 1.54) is 37.9 Å². The Morgan fingerprint density at radius 3 is 2.80 bits per heavy atom. The van der Waals surface area contributed by atoms with Crippen molar-refractivity contribution in [3.63, 3.8) is 0 Å². The lowest BCUT2D eigenvalue weighted by molar-refractivity contribution is 0.446. The van der Waals surface area contributed by atoms with Crippen molar-refractivity contribution in [2.75, 3.05) is 6.54 Å². The van der Waals surface area contributed by atoms with E-state index in [1.807, 2.05) is 0 Å². The van der Waals surface area contributed by atoms with Gasteiger partial charge in [-0.05, 0) is 32.1 Å². The number of nitrogens with zero attached hydrogens (tertiary/aromatic N) is 1. The molecule has 2 unspecified atom stereocenters. The van der Waals surface area contributed by atoms with Gasteiger partial charge < -0.3 is 5.32 Å². The molecule has 0 bridgehead atoms. The Morgan fingerprint density at radius 1 is 1.27 bits per heavy atom. The molecule has 1 aliphatic heterocycles. The first kappa shape index (κ1) is 12.5. The van der Waals surface area contributed by atoms with E-state index < -0.39 is 0 Å². The molecule has 88 valence electrons. The summed E-state index contributed by atoms with van der Waals surface area (Å²) in [7, 11) is 0. The van der Waals surface area contributed by atoms with E-state index in [0.717, 1.165) is 18.9 Å². The molecule has 0 aliphatic carbocycles. The van der Waals surface area contributed by atoms with Crippen LogP contribution >= 0.6 is 0 Å². The molecular weight excluding hydrogens is 184 g/mol. The van der Waals surface area contributed by atoms with Crippen LogP contribution < -0.4 is 5.32 Å². The Kier molecular flexibility index (Phi) is 5.74. The number of amidine groups is 1. The molecular formula is C13H26N2. The van der Waals surface area contributed by atoms with Crippen molar-refractivity contribution in [3.05, 3.63) is 0 Å². The molecule has 2 nitrogen and oxygen atoms in total. The zero-order chi connectivity index (χ0) is 11.1. The third-order valence-corrected chi connectivity index (χ3v) is 3.24. The third kappa shape index (κ3) is 5.19. The Hall–Kier alpha value is -0.530. The Bertz CT molecular complexity index is 199. The second-order valence-electron chi connectivity index (χ2n) is 4.93. The van der Waals surface area contributed by atoms with Gasteiger partial charge in [-0.15, -0.1) is 0 Å². The highest BCUT2D eigenvalue weighted by Gasteiger charge is 2.10. The van der Waals surface area contributed by atoms with E-state index >= 15 is 0 Å². The fourth-order valence-electron chi connectivity index (χ4n) is 2.11. The number of hydrogen-bond acceptors (Lipinski definition) is 2. The van der Waals surface area contributed by atoms with E-state index in [2.05, 4.69) is 31.1 Å². The maximum absolute atomic E-state index is 4.60. The standard InChI is InChI=1S/C13H26N2/c1-4-11(2)10-12(3)15-13-8-6-5-7-9-14-13/h11-12H,4-10H2,1-3H3,(H,14,15). The van der Waals surface area contributed by atoms with Crippen molar-refractivity contribution >= 4 is 5.84 Å². The molecule has 0 aromatic heterocycles. The molecule has 0 spiro atoms. The topological polar surface area (TPSA) is 24.4 Å². The first-order chi connectivity index (χ1) is 7.22. The molecule has 1 aliphatic rings. The minimum absolute atomic E-state index is 0.580. The molecule has 2 atom stereocenters. The van der Waals surface area contributed by atoms with Gasteiger partial charge in [0.1, 0.15) is 0 Å². The van der Waals surface area contributed by atoms with Gasteiger partial charge in [0, 0.05) is 19.0 Å². The van der Waals surface area contributed by atoms with Crippen LogP contribution in [0.4, 0.5) is 0 Å². The van der Waals surface area contributed by atoms with Crippen molar-refractivity contribution in [2.24, 2.45) is 10.9 Å². The van der Waals surface area contributed by atoms with Crippen LogP contribution in [0.15, 0.2) is 4.99 Å². The molecule has 0 aromatic rings. The Morgan fingerprint density at radius 2 is 2.07 bits per heavy atom. The first-order valence-corrected chi connectivity index (χ1v) is 6.52. The fourth-order valence-corrected chi connectivity index (χ4v) is 2.11. The average molecular weight is 210 g/mol. The molecule has 1 rings (SSSR count). The van der Waals surface area contributed by atoms with Crippen LogP contribution in [-0.4, -0.2) is 18.4 Å². The van der Waals surface area contributed by atoms with Gasteiger partial charge in [0.15, 0.2) is 0 Å². The van der Waals surface area contributed by atoms with Gasteiger partial charge in [0.05, 0.1) is 5.84 Å². The quantitative estimate of drug-likeness (QED) is 0.756. The minimum Gasteiger partial charge on any atom is -0.371 e. The van der Waals surface area contributed by atoms with Gasteiger partial charge >= 0.3 is 0 Å². The summed E-state index contributed by atoms with van der Waals surface area (Å²) in [4.78, 5) is 4.60. The molecule has 0 saturated carbocycles.